The second kappa shape index (κ2) is 7.69. The van der Waals surface area contributed by atoms with Gasteiger partial charge in [0.05, 0.1) is 20.0 Å². The minimum absolute atomic E-state index is 0.183. The number of benzene rings is 1. The summed E-state index contributed by atoms with van der Waals surface area (Å²) in [6.07, 6.45) is 7.26. The zero-order valence-electron chi connectivity index (χ0n) is 12.7. The van der Waals surface area contributed by atoms with Crippen molar-refractivity contribution in [1.29, 1.82) is 0 Å². The molecular weight excluding hydrogens is 266 g/mol. The van der Waals surface area contributed by atoms with Crippen molar-refractivity contribution in [3.05, 3.63) is 42.5 Å². The Morgan fingerprint density at radius 2 is 2.19 bits per heavy atom. The maximum absolute atomic E-state index is 5.99. The van der Waals surface area contributed by atoms with Crippen molar-refractivity contribution < 1.29 is 9.47 Å². The van der Waals surface area contributed by atoms with Crippen LogP contribution in [-0.2, 0) is 13.0 Å². The van der Waals surface area contributed by atoms with Gasteiger partial charge in [0.2, 0.25) is 0 Å². The van der Waals surface area contributed by atoms with E-state index >= 15 is 0 Å². The van der Waals surface area contributed by atoms with Crippen LogP contribution in [-0.4, -0.2) is 29.3 Å². The zero-order valence-corrected chi connectivity index (χ0v) is 12.7. The van der Waals surface area contributed by atoms with Crippen molar-refractivity contribution in [3.63, 3.8) is 0 Å². The molecule has 0 bridgehead atoms. The molecule has 1 aromatic carbocycles. The summed E-state index contributed by atoms with van der Waals surface area (Å²) >= 11 is 0. The number of aromatic nitrogens is 2. The Morgan fingerprint density at radius 1 is 1.33 bits per heavy atom. The van der Waals surface area contributed by atoms with Crippen LogP contribution in [0.3, 0.4) is 0 Å². The smallest absolute Gasteiger partial charge is 0.161 e. The third-order valence-electron chi connectivity index (χ3n) is 3.42. The first-order valence-electron chi connectivity index (χ1n) is 7.24. The van der Waals surface area contributed by atoms with Crippen molar-refractivity contribution in [1.82, 2.24) is 9.55 Å². The lowest BCUT2D eigenvalue weighted by Crippen LogP contribution is -2.21. The lowest BCUT2D eigenvalue weighted by atomic mass is 10.0. The van der Waals surface area contributed by atoms with Gasteiger partial charge in [-0.25, -0.2) is 4.98 Å². The van der Waals surface area contributed by atoms with Gasteiger partial charge in [-0.1, -0.05) is 13.0 Å². The third-order valence-corrected chi connectivity index (χ3v) is 3.42. The molecule has 0 aliphatic carbocycles. The molecule has 0 aliphatic rings. The van der Waals surface area contributed by atoms with Crippen LogP contribution in [0.2, 0.25) is 0 Å². The van der Waals surface area contributed by atoms with Crippen molar-refractivity contribution in [3.8, 4) is 11.5 Å². The number of hydrogen-bond donors (Lipinski definition) is 1. The molecule has 0 radical (unpaired) electrons. The summed E-state index contributed by atoms with van der Waals surface area (Å²) in [7, 11) is 1.65. The number of nitrogens with two attached hydrogens (primary N) is 1. The first-order valence-corrected chi connectivity index (χ1v) is 7.24. The number of ether oxygens (including phenoxy) is 2. The molecule has 5 heteroatoms. The number of rotatable bonds is 8. The number of nitrogens with zero attached hydrogens (tertiary/aromatic N) is 2. The normalized spacial score (nSPS) is 12.1. The fraction of sp³-hybridized carbons (Fsp3) is 0.438. The van der Waals surface area contributed by atoms with Gasteiger partial charge in [0.15, 0.2) is 11.5 Å². The predicted octanol–water partition coefficient (Wildman–Crippen LogP) is 2.25. The number of imidazole rings is 1. The Hall–Kier alpha value is -2.01. The van der Waals surface area contributed by atoms with Crippen molar-refractivity contribution >= 4 is 0 Å². The standard InChI is InChI=1S/C16H23N3O2/c1-3-14(17)10-13-4-5-15(16(11-13)20-2)21-9-8-19-7-6-18-12-19/h4-7,11-12,14H,3,8-10,17H2,1-2H3. The van der Waals surface area contributed by atoms with Crippen LogP contribution >= 0.6 is 0 Å². The molecule has 0 saturated carbocycles. The van der Waals surface area contributed by atoms with Gasteiger partial charge in [-0.15, -0.1) is 0 Å². The molecule has 0 saturated heterocycles. The second-order valence-corrected chi connectivity index (χ2v) is 5.01. The molecule has 0 fully saturated rings. The maximum atomic E-state index is 5.99. The Morgan fingerprint density at radius 3 is 2.86 bits per heavy atom. The molecule has 2 N–H and O–H groups in total. The first kappa shape index (κ1) is 15.4. The van der Waals surface area contributed by atoms with E-state index in [0.717, 1.165) is 30.9 Å². The van der Waals surface area contributed by atoms with Crippen molar-refractivity contribution in [2.75, 3.05) is 13.7 Å². The van der Waals surface area contributed by atoms with Crippen LogP contribution in [0.4, 0.5) is 0 Å². The average Bonchev–Trinajstić information content (AvgIpc) is 3.01. The van der Waals surface area contributed by atoms with E-state index in [9.17, 15) is 0 Å². The molecular formula is C16H23N3O2. The predicted molar refractivity (Wildman–Crippen MR) is 82.7 cm³/mol. The molecule has 5 nitrogen and oxygen atoms in total. The molecule has 1 heterocycles. The number of methoxy groups -OCH3 is 1. The van der Waals surface area contributed by atoms with Crippen LogP contribution in [0.1, 0.15) is 18.9 Å². The topological polar surface area (TPSA) is 62.3 Å². The van der Waals surface area contributed by atoms with Gasteiger partial charge in [-0.05, 0) is 30.5 Å². The first-order chi connectivity index (χ1) is 10.2. The summed E-state index contributed by atoms with van der Waals surface area (Å²) in [5.41, 5.74) is 7.16. The van der Waals surface area contributed by atoms with E-state index in [1.165, 1.54) is 5.56 Å². The van der Waals surface area contributed by atoms with Gasteiger partial charge in [-0.2, -0.15) is 0 Å². The van der Waals surface area contributed by atoms with Gasteiger partial charge in [0, 0.05) is 18.4 Å². The van der Waals surface area contributed by atoms with Crippen LogP contribution in [0.25, 0.3) is 0 Å². The minimum Gasteiger partial charge on any atom is -0.493 e. The van der Waals surface area contributed by atoms with Gasteiger partial charge in [-0.3, -0.25) is 0 Å². The molecule has 2 rings (SSSR count). The third kappa shape index (κ3) is 4.49. The zero-order chi connectivity index (χ0) is 15.1. The summed E-state index contributed by atoms with van der Waals surface area (Å²) in [5, 5.41) is 0. The molecule has 0 spiro atoms. The lowest BCUT2D eigenvalue weighted by Gasteiger charge is -2.14. The van der Waals surface area contributed by atoms with E-state index in [-0.39, 0.29) is 6.04 Å². The quantitative estimate of drug-likeness (QED) is 0.809. The van der Waals surface area contributed by atoms with Crippen LogP contribution in [0.15, 0.2) is 36.9 Å². The Bertz CT molecular complexity index is 540. The monoisotopic (exact) mass is 289 g/mol. The Labute approximate surface area is 125 Å². The fourth-order valence-corrected chi connectivity index (χ4v) is 2.09. The number of hydrogen-bond acceptors (Lipinski definition) is 4. The summed E-state index contributed by atoms with van der Waals surface area (Å²) in [6, 6.07) is 6.18. The highest BCUT2D eigenvalue weighted by atomic mass is 16.5. The summed E-state index contributed by atoms with van der Waals surface area (Å²) in [4.78, 5) is 4.00. The van der Waals surface area contributed by atoms with Gasteiger partial charge < -0.3 is 19.8 Å². The molecule has 21 heavy (non-hydrogen) atoms. The molecule has 0 amide bonds. The van der Waals surface area contributed by atoms with Crippen LogP contribution < -0.4 is 15.2 Å². The highest BCUT2D eigenvalue weighted by Crippen LogP contribution is 2.28. The van der Waals surface area contributed by atoms with E-state index in [4.69, 9.17) is 15.2 Å². The molecule has 1 unspecified atom stereocenters. The molecule has 1 atom stereocenters. The highest BCUT2D eigenvalue weighted by Gasteiger charge is 2.08. The molecule has 0 aliphatic heterocycles. The highest BCUT2D eigenvalue weighted by molar-refractivity contribution is 5.43. The van der Waals surface area contributed by atoms with Crippen molar-refractivity contribution in [2.24, 2.45) is 5.73 Å². The SMILES string of the molecule is CCC(N)Cc1ccc(OCCn2ccnc2)c(OC)c1. The second-order valence-electron chi connectivity index (χ2n) is 5.01. The summed E-state index contributed by atoms with van der Waals surface area (Å²) in [5.74, 6) is 1.51. The van der Waals surface area contributed by atoms with Crippen LogP contribution in [0.5, 0.6) is 11.5 Å². The summed E-state index contributed by atoms with van der Waals surface area (Å²) < 4.78 is 13.2. The maximum Gasteiger partial charge on any atom is 0.161 e. The fourth-order valence-electron chi connectivity index (χ4n) is 2.09. The van der Waals surface area contributed by atoms with E-state index in [1.807, 2.05) is 29.0 Å². The van der Waals surface area contributed by atoms with Crippen molar-refractivity contribution in [2.45, 2.75) is 32.4 Å². The van der Waals surface area contributed by atoms with E-state index in [0.29, 0.717) is 6.61 Å². The van der Waals surface area contributed by atoms with E-state index in [2.05, 4.69) is 11.9 Å². The van der Waals surface area contributed by atoms with Crippen LogP contribution in [0, 0.1) is 0 Å². The molecule has 2 aromatic rings. The summed E-state index contributed by atoms with van der Waals surface area (Å²) in [6.45, 7) is 3.42. The minimum atomic E-state index is 0.183. The van der Waals surface area contributed by atoms with Gasteiger partial charge in [0.1, 0.15) is 6.61 Å². The lowest BCUT2D eigenvalue weighted by molar-refractivity contribution is 0.279. The Balaban J connectivity index is 1.95. The largest absolute Gasteiger partial charge is 0.493 e. The Kier molecular flexibility index (Phi) is 5.63. The molecule has 114 valence electrons. The van der Waals surface area contributed by atoms with Gasteiger partial charge >= 0.3 is 0 Å². The van der Waals surface area contributed by atoms with E-state index < -0.39 is 0 Å². The van der Waals surface area contributed by atoms with E-state index in [1.54, 1.807) is 19.6 Å². The average molecular weight is 289 g/mol. The molecule has 1 aromatic heterocycles. The van der Waals surface area contributed by atoms with Gasteiger partial charge in [0.25, 0.3) is 0 Å².